The second kappa shape index (κ2) is 7.29. The first kappa shape index (κ1) is 14.0. The highest BCUT2D eigenvalue weighted by Gasteiger charge is 2.19. The number of rotatable bonds is 4. The van der Waals surface area contributed by atoms with E-state index in [2.05, 4.69) is 21.3 Å². The van der Waals surface area contributed by atoms with Crippen LogP contribution in [0.15, 0.2) is 0 Å². The van der Waals surface area contributed by atoms with Gasteiger partial charge in [-0.2, -0.15) is 0 Å². The molecular weight excluding hydrogens is 214 g/mol. The third-order valence-electron chi connectivity index (χ3n) is 1.61. The third kappa shape index (κ3) is 5.00. The molecule has 0 aliphatic heterocycles. The average Bonchev–Trinajstić information content (AvgIpc) is 2.27. The van der Waals surface area contributed by atoms with Crippen LogP contribution in [0.5, 0.6) is 0 Å². The maximum absolute atomic E-state index is 11.4. The predicted molar refractivity (Wildman–Crippen MR) is 54.1 cm³/mol. The molecule has 0 aromatic rings. The van der Waals surface area contributed by atoms with E-state index in [1.165, 1.54) is 21.1 Å². The van der Waals surface area contributed by atoms with Crippen LogP contribution in [0.3, 0.4) is 0 Å². The Balaban J connectivity index is 4.60. The topological polar surface area (TPSA) is 72.9 Å². The molecule has 0 aromatic carbocycles. The van der Waals surface area contributed by atoms with Gasteiger partial charge in [0, 0.05) is 0 Å². The fourth-order valence-electron chi connectivity index (χ4n) is 0.826. The number of hydrogen-bond donors (Lipinski definition) is 0. The van der Waals surface area contributed by atoms with Gasteiger partial charge in [-0.25, -0.2) is 0 Å². The molecular formula is C10H13NO5. The van der Waals surface area contributed by atoms with Gasteiger partial charge in [-0.05, 0) is 12.8 Å². The molecule has 0 bridgehead atoms. The standard InChI is InChI=1S/C10H13NO5/c1-4-5-8(12)11(6-9(13)15-2)7-10(14)16-3/h6-7H2,1-3H3. The van der Waals surface area contributed by atoms with Gasteiger partial charge >= 0.3 is 11.9 Å². The summed E-state index contributed by atoms with van der Waals surface area (Å²) in [5.74, 6) is 2.73. The van der Waals surface area contributed by atoms with E-state index in [0.29, 0.717) is 0 Å². The van der Waals surface area contributed by atoms with Crippen molar-refractivity contribution in [3.8, 4) is 11.8 Å². The van der Waals surface area contributed by atoms with Crippen molar-refractivity contribution in [1.29, 1.82) is 0 Å². The number of methoxy groups -OCH3 is 2. The quantitative estimate of drug-likeness (QED) is 0.463. The lowest BCUT2D eigenvalue weighted by Crippen LogP contribution is -2.39. The van der Waals surface area contributed by atoms with Gasteiger partial charge in [-0.15, -0.1) is 0 Å². The summed E-state index contributed by atoms with van der Waals surface area (Å²) >= 11 is 0. The molecule has 6 nitrogen and oxygen atoms in total. The Bertz CT molecular complexity index is 321. The minimum atomic E-state index is -0.629. The lowest BCUT2D eigenvalue weighted by molar-refractivity contribution is -0.150. The maximum Gasteiger partial charge on any atom is 0.325 e. The molecule has 88 valence electrons. The molecule has 0 aliphatic carbocycles. The molecule has 0 saturated carbocycles. The van der Waals surface area contributed by atoms with E-state index in [1.807, 2.05) is 0 Å². The smallest absolute Gasteiger partial charge is 0.325 e. The van der Waals surface area contributed by atoms with Crippen LogP contribution in [0.1, 0.15) is 6.92 Å². The van der Waals surface area contributed by atoms with Crippen molar-refractivity contribution in [3.63, 3.8) is 0 Å². The third-order valence-corrected chi connectivity index (χ3v) is 1.61. The molecule has 0 spiro atoms. The molecule has 0 N–H and O–H groups in total. The van der Waals surface area contributed by atoms with Gasteiger partial charge in [0.05, 0.1) is 14.2 Å². The summed E-state index contributed by atoms with van der Waals surface area (Å²) in [4.78, 5) is 34.3. The van der Waals surface area contributed by atoms with Crippen LogP contribution >= 0.6 is 0 Å². The molecule has 0 rings (SSSR count). The van der Waals surface area contributed by atoms with E-state index in [1.54, 1.807) is 0 Å². The van der Waals surface area contributed by atoms with Crippen LogP contribution in [0.25, 0.3) is 0 Å². The van der Waals surface area contributed by atoms with E-state index in [4.69, 9.17) is 0 Å². The highest BCUT2D eigenvalue weighted by Crippen LogP contribution is 1.92. The normalized spacial score (nSPS) is 8.44. The Labute approximate surface area is 93.5 Å². The van der Waals surface area contributed by atoms with Crippen molar-refractivity contribution >= 4 is 17.8 Å². The fraction of sp³-hybridized carbons (Fsp3) is 0.500. The Morgan fingerprint density at radius 3 is 1.81 bits per heavy atom. The SMILES string of the molecule is CC#CC(=O)N(CC(=O)OC)CC(=O)OC. The summed E-state index contributed by atoms with van der Waals surface area (Å²) in [6.45, 7) is 0.810. The number of carbonyl (C=O) groups excluding carboxylic acids is 3. The molecule has 1 amide bonds. The number of esters is 2. The van der Waals surface area contributed by atoms with Gasteiger partial charge in [-0.3, -0.25) is 14.4 Å². The predicted octanol–water partition coefficient (Wildman–Crippen LogP) is -0.816. The van der Waals surface area contributed by atoms with Gasteiger partial charge in [0.25, 0.3) is 5.91 Å². The van der Waals surface area contributed by atoms with Crippen LogP contribution in [0.2, 0.25) is 0 Å². The summed E-state index contributed by atoms with van der Waals surface area (Å²) in [6.07, 6.45) is 0. The summed E-state index contributed by atoms with van der Waals surface area (Å²) in [5.41, 5.74) is 0. The largest absolute Gasteiger partial charge is 0.468 e. The lowest BCUT2D eigenvalue weighted by atomic mass is 10.4. The monoisotopic (exact) mass is 227 g/mol. The van der Waals surface area contributed by atoms with Crippen molar-refractivity contribution < 1.29 is 23.9 Å². The highest BCUT2D eigenvalue weighted by atomic mass is 16.5. The van der Waals surface area contributed by atoms with Crippen molar-refractivity contribution in [2.24, 2.45) is 0 Å². The molecule has 6 heteroatoms. The first-order valence-corrected chi connectivity index (χ1v) is 4.40. The second-order valence-corrected chi connectivity index (χ2v) is 2.69. The summed E-state index contributed by atoms with van der Waals surface area (Å²) in [7, 11) is 2.38. The van der Waals surface area contributed by atoms with Crippen molar-refractivity contribution in [2.75, 3.05) is 27.3 Å². The van der Waals surface area contributed by atoms with Crippen LogP contribution in [0, 0.1) is 11.8 Å². The zero-order chi connectivity index (χ0) is 12.6. The lowest BCUT2D eigenvalue weighted by Gasteiger charge is -2.16. The fourth-order valence-corrected chi connectivity index (χ4v) is 0.826. The Morgan fingerprint density at radius 2 is 1.50 bits per heavy atom. The van der Waals surface area contributed by atoms with E-state index >= 15 is 0 Å². The number of nitrogens with zero attached hydrogens (tertiary/aromatic N) is 1. The zero-order valence-electron chi connectivity index (χ0n) is 9.40. The summed E-state index contributed by atoms with van der Waals surface area (Å²) in [6, 6.07) is 0. The second-order valence-electron chi connectivity index (χ2n) is 2.69. The van der Waals surface area contributed by atoms with Crippen molar-refractivity contribution in [2.45, 2.75) is 6.92 Å². The van der Waals surface area contributed by atoms with E-state index < -0.39 is 17.8 Å². The number of hydrogen-bond acceptors (Lipinski definition) is 5. The van der Waals surface area contributed by atoms with Crippen molar-refractivity contribution in [1.82, 2.24) is 4.90 Å². The zero-order valence-corrected chi connectivity index (χ0v) is 9.40. The number of amides is 1. The van der Waals surface area contributed by atoms with E-state index in [9.17, 15) is 14.4 Å². The average molecular weight is 227 g/mol. The first-order valence-electron chi connectivity index (χ1n) is 4.40. The molecule has 0 unspecified atom stereocenters. The minimum Gasteiger partial charge on any atom is -0.468 e. The van der Waals surface area contributed by atoms with Gasteiger partial charge < -0.3 is 14.4 Å². The molecule has 0 heterocycles. The Kier molecular flexibility index (Phi) is 6.36. The molecule has 0 fully saturated rings. The van der Waals surface area contributed by atoms with Gasteiger partial charge in [-0.1, -0.05) is 5.92 Å². The molecule has 0 saturated heterocycles. The Morgan fingerprint density at radius 1 is 1.06 bits per heavy atom. The van der Waals surface area contributed by atoms with E-state index in [-0.39, 0.29) is 13.1 Å². The maximum atomic E-state index is 11.4. The van der Waals surface area contributed by atoms with Crippen molar-refractivity contribution in [3.05, 3.63) is 0 Å². The summed E-state index contributed by atoms with van der Waals surface area (Å²) < 4.78 is 8.78. The minimum absolute atomic E-state index is 0.334. The molecule has 0 atom stereocenters. The van der Waals surface area contributed by atoms with E-state index in [0.717, 1.165) is 4.90 Å². The van der Waals surface area contributed by atoms with Crippen LogP contribution < -0.4 is 0 Å². The summed E-state index contributed by atoms with van der Waals surface area (Å²) in [5, 5.41) is 0. The first-order chi connectivity index (χ1) is 7.54. The number of carbonyl (C=O) groups is 3. The molecule has 0 radical (unpaired) electrons. The number of ether oxygens (including phenoxy) is 2. The molecule has 0 aliphatic rings. The highest BCUT2D eigenvalue weighted by molar-refractivity contribution is 5.97. The van der Waals surface area contributed by atoms with Gasteiger partial charge in [0.1, 0.15) is 13.1 Å². The van der Waals surface area contributed by atoms with Crippen LogP contribution in [0.4, 0.5) is 0 Å². The Hall–Kier alpha value is -2.03. The molecule has 0 aromatic heterocycles. The molecule has 16 heavy (non-hydrogen) atoms. The van der Waals surface area contributed by atoms with Crippen LogP contribution in [-0.4, -0.2) is 50.1 Å². The van der Waals surface area contributed by atoms with Gasteiger partial charge in [0.2, 0.25) is 0 Å². The van der Waals surface area contributed by atoms with Crippen LogP contribution in [-0.2, 0) is 23.9 Å². The van der Waals surface area contributed by atoms with Gasteiger partial charge in [0.15, 0.2) is 0 Å².